The summed E-state index contributed by atoms with van der Waals surface area (Å²) in [6, 6.07) is 3.35. The second-order valence-electron chi connectivity index (χ2n) is 4.56. The number of aromatic nitrogens is 3. The SMILES string of the molecule is CNC(=O)c1ccc2nc(Cl)nc(N3CCOCC3)c2n1. The summed E-state index contributed by atoms with van der Waals surface area (Å²) >= 11 is 5.99. The van der Waals surface area contributed by atoms with Gasteiger partial charge in [0.15, 0.2) is 5.82 Å². The molecule has 1 aliphatic rings. The van der Waals surface area contributed by atoms with Crippen LogP contribution >= 0.6 is 11.6 Å². The second kappa shape index (κ2) is 5.79. The summed E-state index contributed by atoms with van der Waals surface area (Å²) in [5.74, 6) is 0.388. The number of rotatable bonds is 2. The van der Waals surface area contributed by atoms with Crippen LogP contribution in [0.25, 0.3) is 11.0 Å². The van der Waals surface area contributed by atoms with Crippen LogP contribution in [0.5, 0.6) is 0 Å². The normalized spacial score (nSPS) is 15.2. The third kappa shape index (κ3) is 2.74. The molecule has 110 valence electrons. The zero-order valence-corrected chi connectivity index (χ0v) is 12.2. The lowest BCUT2D eigenvalue weighted by molar-refractivity contribution is 0.0958. The lowest BCUT2D eigenvalue weighted by Gasteiger charge is -2.28. The zero-order valence-electron chi connectivity index (χ0n) is 11.5. The van der Waals surface area contributed by atoms with Crippen LogP contribution in [-0.4, -0.2) is 54.2 Å². The van der Waals surface area contributed by atoms with E-state index in [0.29, 0.717) is 48.8 Å². The summed E-state index contributed by atoms with van der Waals surface area (Å²) in [5, 5.41) is 2.72. The molecule has 2 aromatic rings. The van der Waals surface area contributed by atoms with Gasteiger partial charge in [0.2, 0.25) is 5.28 Å². The Morgan fingerprint density at radius 3 is 2.76 bits per heavy atom. The summed E-state index contributed by atoms with van der Waals surface area (Å²) < 4.78 is 5.34. The summed E-state index contributed by atoms with van der Waals surface area (Å²) in [4.78, 5) is 26.6. The molecule has 1 amide bonds. The van der Waals surface area contributed by atoms with Crippen molar-refractivity contribution in [3.05, 3.63) is 23.1 Å². The third-order valence-electron chi connectivity index (χ3n) is 3.27. The fraction of sp³-hybridized carbons (Fsp3) is 0.385. The van der Waals surface area contributed by atoms with Gasteiger partial charge in [-0.1, -0.05) is 0 Å². The molecule has 21 heavy (non-hydrogen) atoms. The molecular formula is C13H14ClN5O2. The number of ether oxygens (including phenoxy) is 1. The molecule has 7 nitrogen and oxygen atoms in total. The predicted molar refractivity (Wildman–Crippen MR) is 78.8 cm³/mol. The van der Waals surface area contributed by atoms with Crippen molar-refractivity contribution in [1.29, 1.82) is 0 Å². The van der Waals surface area contributed by atoms with Gasteiger partial charge < -0.3 is 15.0 Å². The molecule has 0 aliphatic carbocycles. The Balaban J connectivity index is 2.13. The third-order valence-corrected chi connectivity index (χ3v) is 3.44. The van der Waals surface area contributed by atoms with Gasteiger partial charge in [0.25, 0.3) is 5.91 Å². The largest absolute Gasteiger partial charge is 0.378 e. The molecule has 0 aromatic carbocycles. The number of hydrogen-bond acceptors (Lipinski definition) is 6. The van der Waals surface area contributed by atoms with Gasteiger partial charge in [0.1, 0.15) is 11.2 Å². The van der Waals surface area contributed by atoms with E-state index in [1.807, 2.05) is 4.90 Å². The Morgan fingerprint density at radius 1 is 1.29 bits per heavy atom. The van der Waals surface area contributed by atoms with Crippen molar-refractivity contribution in [3.63, 3.8) is 0 Å². The number of nitrogens with one attached hydrogen (secondary N) is 1. The first kappa shape index (κ1) is 14.0. The van der Waals surface area contributed by atoms with Crippen LogP contribution in [0.3, 0.4) is 0 Å². The fourth-order valence-corrected chi connectivity index (χ4v) is 2.39. The smallest absolute Gasteiger partial charge is 0.269 e. The quantitative estimate of drug-likeness (QED) is 0.829. The lowest BCUT2D eigenvalue weighted by Crippen LogP contribution is -2.37. The summed E-state index contributed by atoms with van der Waals surface area (Å²) in [5.41, 5.74) is 1.51. The Kier molecular flexibility index (Phi) is 3.85. The molecule has 1 aliphatic heterocycles. The van der Waals surface area contributed by atoms with Crippen LogP contribution in [0.1, 0.15) is 10.5 Å². The highest BCUT2D eigenvalue weighted by Gasteiger charge is 2.19. The topological polar surface area (TPSA) is 80.2 Å². The van der Waals surface area contributed by atoms with Crippen molar-refractivity contribution in [2.24, 2.45) is 0 Å². The first-order chi connectivity index (χ1) is 10.2. The predicted octanol–water partition coefficient (Wildman–Crippen LogP) is 0.874. The zero-order chi connectivity index (χ0) is 14.8. The van der Waals surface area contributed by atoms with Gasteiger partial charge in [-0.25, -0.2) is 9.97 Å². The van der Waals surface area contributed by atoms with Crippen LogP contribution in [0, 0.1) is 0 Å². The molecule has 0 spiro atoms. The number of fused-ring (bicyclic) bond motifs is 1. The molecule has 1 fully saturated rings. The molecule has 3 heterocycles. The molecule has 1 N–H and O–H groups in total. The molecule has 0 bridgehead atoms. The number of amides is 1. The monoisotopic (exact) mass is 307 g/mol. The highest BCUT2D eigenvalue weighted by atomic mass is 35.5. The molecular weight excluding hydrogens is 294 g/mol. The fourth-order valence-electron chi connectivity index (χ4n) is 2.22. The lowest BCUT2D eigenvalue weighted by atomic mass is 10.2. The molecule has 0 radical (unpaired) electrons. The molecule has 8 heteroatoms. The maximum atomic E-state index is 11.7. The van der Waals surface area contributed by atoms with Gasteiger partial charge in [0, 0.05) is 20.1 Å². The number of hydrogen-bond donors (Lipinski definition) is 1. The van der Waals surface area contributed by atoms with Crippen LogP contribution in [0.2, 0.25) is 5.28 Å². The Labute approximate surface area is 126 Å². The molecule has 0 atom stereocenters. The van der Waals surface area contributed by atoms with Crippen LogP contribution < -0.4 is 10.2 Å². The van der Waals surface area contributed by atoms with E-state index >= 15 is 0 Å². The number of carbonyl (C=O) groups excluding carboxylic acids is 1. The van der Waals surface area contributed by atoms with Crippen molar-refractivity contribution in [3.8, 4) is 0 Å². The van der Waals surface area contributed by atoms with E-state index in [0.717, 1.165) is 0 Å². The first-order valence-corrected chi connectivity index (χ1v) is 6.96. The van der Waals surface area contributed by atoms with Gasteiger partial charge in [0.05, 0.1) is 18.7 Å². The average Bonchev–Trinajstić information content (AvgIpc) is 2.53. The van der Waals surface area contributed by atoms with Crippen molar-refractivity contribution in [1.82, 2.24) is 20.3 Å². The van der Waals surface area contributed by atoms with E-state index in [4.69, 9.17) is 16.3 Å². The second-order valence-corrected chi connectivity index (χ2v) is 4.90. The van der Waals surface area contributed by atoms with Crippen molar-refractivity contribution < 1.29 is 9.53 Å². The van der Waals surface area contributed by atoms with Gasteiger partial charge >= 0.3 is 0 Å². The first-order valence-electron chi connectivity index (χ1n) is 6.58. The molecule has 0 unspecified atom stereocenters. The van der Waals surface area contributed by atoms with E-state index in [-0.39, 0.29) is 11.2 Å². The van der Waals surface area contributed by atoms with E-state index in [2.05, 4.69) is 20.3 Å². The van der Waals surface area contributed by atoms with Crippen molar-refractivity contribution in [2.75, 3.05) is 38.3 Å². The van der Waals surface area contributed by atoms with Crippen LogP contribution in [0.4, 0.5) is 5.82 Å². The number of carbonyl (C=O) groups is 1. The number of halogens is 1. The number of pyridine rings is 1. The standard InChI is InChI=1S/C13H14ClN5O2/c1-15-12(20)9-3-2-8-10(16-9)11(18-13(14)17-8)19-4-6-21-7-5-19/h2-3H,4-7H2,1H3,(H,15,20). The molecule has 2 aromatic heterocycles. The Bertz CT molecular complexity index is 688. The van der Waals surface area contributed by atoms with Crippen LogP contribution in [0.15, 0.2) is 12.1 Å². The summed E-state index contributed by atoms with van der Waals surface area (Å²) in [7, 11) is 1.56. The number of nitrogens with zero attached hydrogens (tertiary/aromatic N) is 4. The van der Waals surface area contributed by atoms with Gasteiger partial charge in [-0.15, -0.1) is 0 Å². The van der Waals surface area contributed by atoms with Gasteiger partial charge in [-0.05, 0) is 23.7 Å². The molecule has 3 rings (SSSR count). The Hall–Kier alpha value is -1.99. The molecule has 1 saturated heterocycles. The maximum absolute atomic E-state index is 11.7. The highest BCUT2D eigenvalue weighted by Crippen LogP contribution is 2.24. The van der Waals surface area contributed by atoms with E-state index in [9.17, 15) is 4.79 Å². The van der Waals surface area contributed by atoms with Crippen molar-refractivity contribution >= 4 is 34.4 Å². The minimum atomic E-state index is -0.250. The molecule has 0 saturated carbocycles. The summed E-state index contributed by atoms with van der Waals surface area (Å²) in [6.07, 6.45) is 0. The van der Waals surface area contributed by atoms with Crippen LogP contribution in [-0.2, 0) is 4.74 Å². The van der Waals surface area contributed by atoms with E-state index in [1.54, 1.807) is 19.2 Å². The Morgan fingerprint density at radius 2 is 2.05 bits per heavy atom. The van der Waals surface area contributed by atoms with E-state index in [1.165, 1.54) is 0 Å². The number of morpholine rings is 1. The minimum Gasteiger partial charge on any atom is -0.378 e. The minimum absolute atomic E-state index is 0.165. The number of anilines is 1. The van der Waals surface area contributed by atoms with Gasteiger partial charge in [-0.2, -0.15) is 4.98 Å². The maximum Gasteiger partial charge on any atom is 0.269 e. The summed E-state index contributed by atoms with van der Waals surface area (Å²) in [6.45, 7) is 2.65. The van der Waals surface area contributed by atoms with Gasteiger partial charge in [-0.3, -0.25) is 4.79 Å². The average molecular weight is 308 g/mol. The van der Waals surface area contributed by atoms with E-state index < -0.39 is 0 Å². The highest BCUT2D eigenvalue weighted by molar-refractivity contribution is 6.28. The van der Waals surface area contributed by atoms with Crippen molar-refractivity contribution in [2.45, 2.75) is 0 Å².